The molecule has 2 aromatic heterocycles. The lowest BCUT2D eigenvalue weighted by molar-refractivity contribution is -0.123. The molecule has 50 heavy (non-hydrogen) atoms. The molecule has 0 saturated carbocycles. The topological polar surface area (TPSA) is 134 Å². The average Bonchev–Trinajstić information content (AvgIpc) is 3.79. The van der Waals surface area contributed by atoms with Gasteiger partial charge in [-0.25, -0.2) is 14.6 Å². The van der Waals surface area contributed by atoms with Gasteiger partial charge in [0.2, 0.25) is 0 Å². The smallest absolute Gasteiger partial charge is 0.407 e. The number of Topliss-reactive ketones (excluding diaryl/α,β-unsaturated/α-hetero) is 1. The Hall–Kier alpha value is -4.13. The molecule has 2 aromatic carbocycles. The van der Waals surface area contributed by atoms with E-state index < -0.39 is 24.3 Å². The number of nitrogens with zero attached hydrogens (tertiary/aromatic N) is 3. The third-order valence-corrected chi connectivity index (χ3v) is 10.4. The van der Waals surface area contributed by atoms with E-state index in [0.717, 1.165) is 26.7 Å². The number of amides is 3. The van der Waals surface area contributed by atoms with E-state index in [0.29, 0.717) is 25.3 Å². The minimum atomic E-state index is -0.986. The Bertz CT molecular complexity index is 1610. The summed E-state index contributed by atoms with van der Waals surface area (Å²) in [6.45, 7) is 8.41. The van der Waals surface area contributed by atoms with Crippen LogP contribution in [-0.2, 0) is 35.5 Å². The van der Waals surface area contributed by atoms with Crippen LogP contribution in [0, 0.1) is 11.8 Å². The molecule has 0 spiro atoms. The quantitative estimate of drug-likeness (QED) is 0.101. The van der Waals surface area contributed by atoms with Crippen molar-refractivity contribution >= 4 is 40.6 Å². The largest absolute Gasteiger partial charge is 0.444 e. The molecular formula is C38H49N5O5S2. The number of nitrogens with one attached hydrogen (secondary N) is 2. The molecule has 12 heteroatoms. The number of aromatic nitrogens is 2. The first-order valence-electron chi connectivity index (χ1n) is 17.0. The van der Waals surface area contributed by atoms with Crippen LogP contribution in [0.15, 0.2) is 77.8 Å². The molecule has 0 fully saturated rings. The highest BCUT2D eigenvalue weighted by atomic mass is 32.1. The SMILES string of the molecule is CC(C)c1nc(CN(C)C(=O)NC(C(=O)C[C@@H](Cc2ccccc2)CC(O)[C@H](Cc2ccccc2)NC(=O)OCc2cncs2)C(C)C)cs1. The molecule has 10 nitrogen and oxygen atoms in total. The number of urea groups is 1. The number of ether oxygens (including phenoxy) is 1. The van der Waals surface area contributed by atoms with E-state index in [1.807, 2.05) is 79.9 Å². The van der Waals surface area contributed by atoms with Gasteiger partial charge in [0.25, 0.3) is 0 Å². The molecule has 3 N–H and O–H groups in total. The summed E-state index contributed by atoms with van der Waals surface area (Å²) in [5, 5.41) is 20.5. The number of ketones is 1. The maximum Gasteiger partial charge on any atom is 0.407 e. The van der Waals surface area contributed by atoms with Crippen molar-refractivity contribution in [2.75, 3.05) is 7.05 Å². The molecule has 0 aliphatic heterocycles. The highest BCUT2D eigenvalue weighted by Crippen LogP contribution is 2.24. The summed E-state index contributed by atoms with van der Waals surface area (Å²) in [4.78, 5) is 51.2. The zero-order valence-corrected chi connectivity index (χ0v) is 31.1. The second-order valence-electron chi connectivity index (χ2n) is 13.4. The molecule has 4 atom stereocenters. The highest BCUT2D eigenvalue weighted by Gasteiger charge is 2.31. The first-order valence-corrected chi connectivity index (χ1v) is 18.8. The minimum Gasteiger partial charge on any atom is -0.444 e. The molecule has 2 unspecified atom stereocenters. The van der Waals surface area contributed by atoms with Gasteiger partial charge >= 0.3 is 12.1 Å². The molecule has 3 amide bonds. The minimum absolute atomic E-state index is 0.0794. The molecule has 2 heterocycles. The monoisotopic (exact) mass is 719 g/mol. The fraction of sp³-hybridized carbons (Fsp3) is 0.447. The van der Waals surface area contributed by atoms with Crippen LogP contribution < -0.4 is 10.6 Å². The maximum atomic E-state index is 14.0. The van der Waals surface area contributed by atoms with Crippen molar-refractivity contribution in [3.63, 3.8) is 0 Å². The van der Waals surface area contributed by atoms with Crippen molar-refractivity contribution < 1.29 is 24.2 Å². The first kappa shape index (κ1) is 38.7. The van der Waals surface area contributed by atoms with Gasteiger partial charge in [-0.2, -0.15) is 0 Å². The van der Waals surface area contributed by atoms with Crippen LogP contribution in [0.2, 0.25) is 0 Å². The number of aliphatic hydroxyl groups excluding tert-OH is 1. The van der Waals surface area contributed by atoms with Gasteiger partial charge in [-0.05, 0) is 42.2 Å². The molecule has 268 valence electrons. The summed E-state index contributed by atoms with van der Waals surface area (Å²) >= 11 is 2.97. The molecule has 0 bridgehead atoms. The van der Waals surface area contributed by atoms with Crippen molar-refractivity contribution in [2.24, 2.45) is 11.8 Å². The van der Waals surface area contributed by atoms with E-state index in [1.54, 1.807) is 35.0 Å². The third-order valence-electron chi connectivity index (χ3n) is 8.43. The van der Waals surface area contributed by atoms with E-state index in [1.165, 1.54) is 11.3 Å². The van der Waals surface area contributed by atoms with E-state index in [-0.39, 0.29) is 43.1 Å². The van der Waals surface area contributed by atoms with Crippen molar-refractivity contribution in [1.29, 1.82) is 0 Å². The second-order valence-corrected chi connectivity index (χ2v) is 15.2. The van der Waals surface area contributed by atoms with Crippen LogP contribution in [0.1, 0.15) is 73.2 Å². The number of hydrogen-bond acceptors (Lipinski definition) is 9. The van der Waals surface area contributed by atoms with Gasteiger partial charge in [0.05, 0.1) is 45.8 Å². The number of benzene rings is 2. The van der Waals surface area contributed by atoms with E-state index in [4.69, 9.17) is 4.74 Å². The van der Waals surface area contributed by atoms with E-state index in [2.05, 4.69) is 34.4 Å². The number of carbonyl (C=O) groups is 3. The summed E-state index contributed by atoms with van der Waals surface area (Å²) < 4.78 is 5.44. The molecule has 4 aromatic rings. The Labute approximate surface area is 303 Å². The Morgan fingerprint density at radius 2 is 1.58 bits per heavy atom. The normalized spacial score (nSPS) is 13.8. The summed E-state index contributed by atoms with van der Waals surface area (Å²) in [6, 6.07) is 17.7. The van der Waals surface area contributed by atoms with Crippen molar-refractivity contribution in [3.05, 3.63) is 104 Å². The van der Waals surface area contributed by atoms with E-state index in [9.17, 15) is 19.5 Å². The molecule has 0 saturated heterocycles. The standard InChI is InChI=1S/C38H49N5O5S2/c1-25(2)35(42-37(46)43(5)21-30-23-49-36(40-30)26(3)4)34(45)19-29(16-27-12-8-6-9-13-27)18-33(44)32(17-28-14-10-7-11-15-28)41-38(47)48-22-31-20-39-24-50-31/h6-15,20,23-26,29,32-33,35,44H,16-19,21-22H2,1-5H3,(H,41,47)(H,42,46)/t29-,32-,33?,35?/m0/s1. The van der Waals surface area contributed by atoms with Gasteiger partial charge in [0, 0.05) is 31.0 Å². The predicted octanol–water partition coefficient (Wildman–Crippen LogP) is 7.00. The van der Waals surface area contributed by atoms with Gasteiger partial charge in [-0.3, -0.25) is 9.78 Å². The lowest BCUT2D eigenvalue weighted by Crippen LogP contribution is -2.49. The van der Waals surface area contributed by atoms with Crippen LogP contribution in [0.4, 0.5) is 9.59 Å². The molecule has 0 aliphatic carbocycles. The zero-order chi connectivity index (χ0) is 36.0. The Balaban J connectivity index is 1.46. The number of hydrogen-bond donors (Lipinski definition) is 3. The molecule has 4 rings (SSSR count). The Kier molecular flexibility index (Phi) is 14.9. The summed E-state index contributed by atoms with van der Waals surface area (Å²) in [5.74, 6) is -0.226. The number of thiazole rings is 2. The molecule has 0 radical (unpaired) electrons. The third kappa shape index (κ3) is 12.3. The highest BCUT2D eigenvalue weighted by molar-refractivity contribution is 7.09. The van der Waals surface area contributed by atoms with Gasteiger partial charge in [0.1, 0.15) is 6.61 Å². The zero-order valence-electron chi connectivity index (χ0n) is 29.5. The van der Waals surface area contributed by atoms with Crippen LogP contribution in [0.5, 0.6) is 0 Å². The van der Waals surface area contributed by atoms with Crippen LogP contribution >= 0.6 is 22.7 Å². The van der Waals surface area contributed by atoms with Gasteiger partial charge in [-0.1, -0.05) is 88.4 Å². The number of carbonyl (C=O) groups excluding carboxylic acids is 3. The predicted molar refractivity (Wildman–Crippen MR) is 198 cm³/mol. The van der Waals surface area contributed by atoms with Crippen molar-refractivity contribution in [3.8, 4) is 0 Å². The first-order chi connectivity index (χ1) is 24.0. The lowest BCUT2D eigenvalue weighted by Gasteiger charge is -2.29. The Morgan fingerprint density at radius 1 is 0.920 bits per heavy atom. The summed E-state index contributed by atoms with van der Waals surface area (Å²) in [5.41, 5.74) is 4.46. The fourth-order valence-corrected chi connectivity index (χ4v) is 7.07. The van der Waals surface area contributed by atoms with Crippen LogP contribution in [0.25, 0.3) is 0 Å². The average molecular weight is 720 g/mol. The van der Waals surface area contributed by atoms with Crippen LogP contribution in [0.3, 0.4) is 0 Å². The second kappa shape index (κ2) is 19.3. The summed E-state index contributed by atoms with van der Waals surface area (Å²) in [7, 11) is 1.70. The fourth-order valence-electron chi connectivity index (χ4n) is 5.74. The lowest BCUT2D eigenvalue weighted by atomic mass is 9.84. The van der Waals surface area contributed by atoms with Gasteiger partial charge in [-0.15, -0.1) is 22.7 Å². The number of rotatable bonds is 18. The summed E-state index contributed by atoms with van der Waals surface area (Å²) in [6.07, 6.45) is 1.31. The van der Waals surface area contributed by atoms with E-state index >= 15 is 0 Å². The molecular weight excluding hydrogens is 671 g/mol. The number of alkyl carbamates (subject to hydrolysis) is 1. The van der Waals surface area contributed by atoms with Crippen LogP contribution in [-0.4, -0.2) is 63.1 Å². The molecule has 0 aliphatic rings. The van der Waals surface area contributed by atoms with Crippen molar-refractivity contribution in [2.45, 2.75) is 90.6 Å². The van der Waals surface area contributed by atoms with Gasteiger partial charge < -0.3 is 25.4 Å². The van der Waals surface area contributed by atoms with Gasteiger partial charge in [0.15, 0.2) is 5.78 Å². The number of aliphatic hydroxyl groups is 1. The van der Waals surface area contributed by atoms with Crippen molar-refractivity contribution in [1.82, 2.24) is 25.5 Å². The maximum absolute atomic E-state index is 14.0. The Morgan fingerprint density at radius 3 is 2.16 bits per heavy atom.